The van der Waals surface area contributed by atoms with Gasteiger partial charge in [0, 0.05) is 35.8 Å². The van der Waals surface area contributed by atoms with Gasteiger partial charge in [-0.1, -0.05) is 0 Å². The van der Waals surface area contributed by atoms with Crippen molar-refractivity contribution in [1.29, 1.82) is 0 Å². The van der Waals surface area contributed by atoms with E-state index in [1.807, 2.05) is 36.6 Å². The lowest BCUT2D eigenvalue weighted by Gasteiger charge is -2.14. The van der Waals surface area contributed by atoms with Gasteiger partial charge in [0.1, 0.15) is 5.75 Å². The van der Waals surface area contributed by atoms with E-state index in [1.165, 1.54) is 7.11 Å². The van der Waals surface area contributed by atoms with Crippen LogP contribution in [-0.4, -0.2) is 21.9 Å². The molecular formula is C14H17NO3. The second-order valence-corrected chi connectivity index (χ2v) is 4.28. The van der Waals surface area contributed by atoms with Crippen molar-refractivity contribution < 1.29 is 14.9 Å². The molecule has 1 atom stereocenters. The summed E-state index contributed by atoms with van der Waals surface area (Å²) in [6.07, 6.45) is -1.11. The van der Waals surface area contributed by atoms with Gasteiger partial charge in [-0.3, -0.25) is 0 Å². The number of aliphatic hydroxyl groups is 1. The average molecular weight is 247 g/mol. The first kappa shape index (κ1) is 12.7. The second-order valence-electron chi connectivity index (χ2n) is 4.28. The maximum Gasteiger partial charge on any atom is 0.184 e. The highest BCUT2D eigenvalue weighted by Gasteiger charge is 2.13. The van der Waals surface area contributed by atoms with Crippen LogP contribution in [0.1, 0.15) is 23.2 Å². The molecule has 2 N–H and O–H groups in total. The maximum atomic E-state index is 9.92. The summed E-state index contributed by atoms with van der Waals surface area (Å²) in [5.74, 6) is 0.0225. The number of aliphatic hydroxyl groups excluding tert-OH is 1. The second kappa shape index (κ2) is 4.84. The molecule has 0 aliphatic carbocycles. The molecule has 4 heteroatoms. The first-order valence-electron chi connectivity index (χ1n) is 5.73. The fourth-order valence-electron chi connectivity index (χ4n) is 2.08. The Hall–Kier alpha value is -1.78. The van der Waals surface area contributed by atoms with Crippen LogP contribution in [0.25, 0.3) is 5.69 Å². The highest BCUT2D eigenvalue weighted by molar-refractivity contribution is 5.46. The van der Waals surface area contributed by atoms with E-state index >= 15 is 0 Å². The molecule has 0 spiro atoms. The van der Waals surface area contributed by atoms with Crippen molar-refractivity contribution in [1.82, 2.24) is 4.57 Å². The third-order valence-electron chi connectivity index (χ3n) is 3.03. The van der Waals surface area contributed by atoms with Gasteiger partial charge in [-0.2, -0.15) is 0 Å². The summed E-state index contributed by atoms with van der Waals surface area (Å²) in [4.78, 5) is 0. The minimum Gasteiger partial charge on any atom is -0.507 e. The monoisotopic (exact) mass is 247 g/mol. The van der Waals surface area contributed by atoms with Gasteiger partial charge in [-0.15, -0.1) is 0 Å². The molecule has 0 saturated heterocycles. The summed E-state index contributed by atoms with van der Waals surface area (Å²) in [5.41, 5.74) is 3.40. The van der Waals surface area contributed by atoms with E-state index in [2.05, 4.69) is 0 Å². The first-order chi connectivity index (χ1) is 8.54. The Kier molecular flexibility index (Phi) is 3.41. The molecule has 0 amide bonds. The number of phenols is 1. The summed E-state index contributed by atoms with van der Waals surface area (Å²) in [6, 6.07) is 9.17. The number of phenolic OH excluding ortho intramolecular Hbond substituents is 1. The highest BCUT2D eigenvalue weighted by Crippen LogP contribution is 2.28. The number of aryl methyl sites for hydroxylation is 2. The fourth-order valence-corrected chi connectivity index (χ4v) is 2.08. The van der Waals surface area contributed by atoms with Gasteiger partial charge in [-0.25, -0.2) is 0 Å². The zero-order valence-corrected chi connectivity index (χ0v) is 10.7. The number of aromatic hydroxyl groups is 1. The van der Waals surface area contributed by atoms with Crippen molar-refractivity contribution >= 4 is 0 Å². The van der Waals surface area contributed by atoms with Gasteiger partial charge in [0.05, 0.1) is 0 Å². The Morgan fingerprint density at radius 3 is 2.22 bits per heavy atom. The summed E-state index contributed by atoms with van der Waals surface area (Å²) in [7, 11) is 1.39. The molecule has 1 unspecified atom stereocenters. The topological polar surface area (TPSA) is 54.6 Å². The van der Waals surface area contributed by atoms with Gasteiger partial charge in [-0.05, 0) is 38.1 Å². The number of hydrogen-bond acceptors (Lipinski definition) is 3. The van der Waals surface area contributed by atoms with Crippen LogP contribution in [0.15, 0.2) is 30.3 Å². The molecule has 2 rings (SSSR count). The Morgan fingerprint density at radius 2 is 1.72 bits per heavy atom. The Balaban J connectivity index is 2.47. The van der Waals surface area contributed by atoms with Gasteiger partial charge in [0.2, 0.25) is 0 Å². The van der Waals surface area contributed by atoms with E-state index in [-0.39, 0.29) is 5.75 Å². The molecule has 4 nitrogen and oxygen atoms in total. The van der Waals surface area contributed by atoms with E-state index in [9.17, 15) is 10.2 Å². The first-order valence-corrected chi connectivity index (χ1v) is 5.73. The molecule has 0 saturated carbocycles. The summed E-state index contributed by atoms with van der Waals surface area (Å²) in [5, 5.41) is 19.5. The summed E-state index contributed by atoms with van der Waals surface area (Å²) < 4.78 is 6.81. The molecule has 18 heavy (non-hydrogen) atoms. The Morgan fingerprint density at radius 1 is 1.11 bits per heavy atom. The number of benzene rings is 1. The molecular weight excluding hydrogens is 230 g/mol. The van der Waals surface area contributed by atoms with Crippen LogP contribution in [-0.2, 0) is 4.74 Å². The van der Waals surface area contributed by atoms with Gasteiger partial charge in [0.25, 0.3) is 0 Å². The number of rotatable bonds is 3. The maximum absolute atomic E-state index is 9.92. The van der Waals surface area contributed by atoms with E-state index in [4.69, 9.17) is 4.74 Å². The van der Waals surface area contributed by atoms with Crippen LogP contribution in [0, 0.1) is 13.8 Å². The van der Waals surface area contributed by atoms with Crippen LogP contribution < -0.4 is 0 Å². The van der Waals surface area contributed by atoms with Crippen molar-refractivity contribution in [3.8, 4) is 11.4 Å². The molecule has 2 aromatic rings. The van der Waals surface area contributed by atoms with Gasteiger partial charge in [0.15, 0.2) is 6.29 Å². The zero-order chi connectivity index (χ0) is 13.3. The molecule has 1 aromatic carbocycles. The molecule has 0 aliphatic rings. The third-order valence-corrected chi connectivity index (χ3v) is 3.03. The van der Waals surface area contributed by atoms with Crippen molar-refractivity contribution in [3.63, 3.8) is 0 Å². The van der Waals surface area contributed by atoms with Gasteiger partial charge >= 0.3 is 0 Å². The lowest BCUT2D eigenvalue weighted by atomic mass is 10.1. The lowest BCUT2D eigenvalue weighted by Crippen LogP contribution is -2.02. The van der Waals surface area contributed by atoms with E-state index in [0.29, 0.717) is 5.56 Å². The number of nitrogens with zero attached hydrogens (tertiary/aromatic N) is 1. The van der Waals surface area contributed by atoms with Crippen LogP contribution >= 0.6 is 0 Å². The number of methoxy groups -OCH3 is 1. The molecule has 96 valence electrons. The van der Waals surface area contributed by atoms with Crippen molar-refractivity contribution in [3.05, 3.63) is 47.3 Å². The van der Waals surface area contributed by atoms with Crippen molar-refractivity contribution in [2.75, 3.05) is 7.11 Å². The number of ether oxygens (including phenoxy) is 1. The fraction of sp³-hybridized carbons (Fsp3) is 0.286. The number of aromatic nitrogens is 1. The number of hydrogen-bond donors (Lipinski definition) is 2. The van der Waals surface area contributed by atoms with E-state index in [1.54, 1.807) is 12.1 Å². The SMILES string of the molecule is COC(O)c1ccc(-n2c(C)ccc2C)cc1O. The van der Waals surface area contributed by atoms with E-state index in [0.717, 1.165) is 17.1 Å². The molecule has 1 heterocycles. The lowest BCUT2D eigenvalue weighted by molar-refractivity contribution is -0.0780. The van der Waals surface area contributed by atoms with Crippen LogP contribution in [0.5, 0.6) is 5.75 Å². The van der Waals surface area contributed by atoms with Crippen LogP contribution in [0.2, 0.25) is 0 Å². The minimum absolute atomic E-state index is 0.0225. The largest absolute Gasteiger partial charge is 0.507 e. The van der Waals surface area contributed by atoms with E-state index < -0.39 is 6.29 Å². The quantitative estimate of drug-likeness (QED) is 0.819. The predicted octanol–water partition coefficient (Wildman–Crippen LogP) is 2.44. The van der Waals surface area contributed by atoms with Crippen molar-refractivity contribution in [2.24, 2.45) is 0 Å². The molecule has 0 aliphatic heterocycles. The average Bonchev–Trinajstić information content (AvgIpc) is 2.68. The highest BCUT2D eigenvalue weighted by atomic mass is 16.6. The standard InChI is InChI=1S/C14H17NO3/c1-9-4-5-10(2)15(9)11-6-7-12(13(16)8-11)14(17)18-3/h4-8,14,16-17H,1-3H3. The summed E-state index contributed by atoms with van der Waals surface area (Å²) >= 11 is 0. The molecule has 0 bridgehead atoms. The molecule has 0 radical (unpaired) electrons. The van der Waals surface area contributed by atoms with Crippen LogP contribution in [0.4, 0.5) is 0 Å². The summed E-state index contributed by atoms with van der Waals surface area (Å²) in [6.45, 7) is 4.00. The smallest absolute Gasteiger partial charge is 0.184 e. The predicted molar refractivity (Wildman–Crippen MR) is 68.9 cm³/mol. The normalized spacial score (nSPS) is 12.7. The zero-order valence-electron chi connectivity index (χ0n) is 10.7. The Labute approximate surface area is 106 Å². The molecule has 1 aromatic heterocycles. The van der Waals surface area contributed by atoms with Crippen molar-refractivity contribution in [2.45, 2.75) is 20.1 Å². The van der Waals surface area contributed by atoms with Gasteiger partial charge < -0.3 is 19.5 Å². The third kappa shape index (κ3) is 2.12. The molecule has 0 fully saturated rings. The Bertz CT molecular complexity index is 541. The minimum atomic E-state index is -1.11. The van der Waals surface area contributed by atoms with Crippen LogP contribution in [0.3, 0.4) is 0 Å².